The van der Waals surface area contributed by atoms with Gasteiger partial charge in [-0.1, -0.05) is 35.8 Å². The predicted octanol–water partition coefficient (Wildman–Crippen LogP) is 5.19. The van der Waals surface area contributed by atoms with Crippen LogP contribution in [0.25, 0.3) is 0 Å². The molecule has 0 aliphatic heterocycles. The number of benzene rings is 1. The summed E-state index contributed by atoms with van der Waals surface area (Å²) < 4.78 is 6.67. The minimum atomic E-state index is 0.178. The highest BCUT2D eigenvalue weighted by atomic mass is 79.9. The molecule has 0 amide bonds. The zero-order valence-electron chi connectivity index (χ0n) is 14.3. The van der Waals surface area contributed by atoms with Gasteiger partial charge < -0.3 is 10.1 Å². The minimum Gasteiger partial charge on any atom is -0.494 e. The van der Waals surface area contributed by atoms with Crippen molar-refractivity contribution in [3.05, 3.63) is 28.2 Å². The molecule has 0 aliphatic carbocycles. The standard InChI is InChI=1S/C18H30BrNO/c1-7-21-15-9-8-14(16(19)12-15)10-11-18(5,6)13-20-17(2,3)4/h8-9,12,20H,7,10-11,13H2,1-6H3. The molecule has 0 aliphatic rings. The van der Waals surface area contributed by atoms with Crippen molar-refractivity contribution in [3.8, 4) is 5.75 Å². The van der Waals surface area contributed by atoms with E-state index >= 15 is 0 Å². The van der Waals surface area contributed by atoms with Crippen molar-refractivity contribution < 1.29 is 4.74 Å². The van der Waals surface area contributed by atoms with Gasteiger partial charge in [-0.3, -0.25) is 0 Å². The number of rotatable bonds is 7. The SMILES string of the molecule is CCOc1ccc(CCC(C)(C)CNC(C)(C)C)c(Br)c1. The molecule has 21 heavy (non-hydrogen) atoms. The van der Waals surface area contributed by atoms with Gasteiger partial charge in [0.25, 0.3) is 0 Å². The fourth-order valence-corrected chi connectivity index (χ4v) is 2.61. The summed E-state index contributed by atoms with van der Waals surface area (Å²) in [6.45, 7) is 15.0. The normalized spacial score (nSPS) is 12.5. The van der Waals surface area contributed by atoms with Crippen molar-refractivity contribution >= 4 is 15.9 Å². The summed E-state index contributed by atoms with van der Waals surface area (Å²) in [5.74, 6) is 0.932. The quantitative estimate of drug-likeness (QED) is 0.725. The molecular formula is C18H30BrNO. The molecule has 1 aromatic carbocycles. The first-order valence-electron chi connectivity index (χ1n) is 7.79. The summed E-state index contributed by atoms with van der Waals surface area (Å²) in [4.78, 5) is 0. The lowest BCUT2D eigenvalue weighted by Crippen LogP contribution is -2.42. The first kappa shape index (κ1) is 18.5. The van der Waals surface area contributed by atoms with E-state index in [4.69, 9.17) is 4.74 Å². The molecule has 3 heteroatoms. The maximum Gasteiger partial charge on any atom is 0.120 e. The van der Waals surface area contributed by atoms with Crippen LogP contribution in [0.1, 0.15) is 53.5 Å². The summed E-state index contributed by atoms with van der Waals surface area (Å²) in [5, 5.41) is 3.61. The Morgan fingerprint density at radius 3 is 2.33 bits per heavy atom. The fraction of sp³-hybridized carbons (Fsp3) is 0.667. The summed E-state index contributed by atoms with van der Waals surface area (Å²) in [5.41, 5.74) is 1.81. The van der Waals surface area contributed by atoms with E-state index in [0.29, 0.717) is 6.61 Å². The third-order valence-corrected chi connectivity index (χ3v) is 4.24. The van der Waals surface area contributed by atoms with E-state index in [2.05, 4.69) is 74.1 Å². The van der Waals surface area contributed by atoms with Crippen LogP contribution in [0.4, 0.5) is 0 Å². The molecule has 0 radical (unpaired) electrons. The number of nitrogens with one attached hydrogen (secondary N) is 1. The summed E-state index contributed by atoms with van der Waals surface area (Å²) >= 11 is 3.66. The lowest BCUT2D eigenvalue weighted by molar-refractivity contribution is 0.273. The van der Waals surface area contributed by atoms with E-state index in [9.17, 15) is 0 Å². The van der Waals surface area contributed by atoms with Crippen molar-refractivity contribution in [1.82, 2.24) is 5.32 Å². The largest absolute Gasteiger partial charge is 0.494 e. The molecule has 1 N–H and O–H groups in total. The van der Waals surface area contributed by atoms with Crippen LogP contribution in [0.2, 0.25) is 0 Å². The molecule has 0 bridgehead atoms. The highest BCUT2D eigenvalue weighted by Crippen LogP contribution is 2.28. The Hall–Kier alpha value is -0.540. The van der Waals surface area contributed by atoms with E-state index < -0.39 is 0 Å². The van der Waals surface area contributed by atoms with Crippen LogP contribution in [-0.4, -0.2) is 18.7 Å². The van der Waals surface area contributed by atoms with Crippen LogP contribution in [0.3, 0.4) is 0 Å². The van der Waals surface area contributed by atoms with Gasteiger partial charge in [-0.15, -0.1) is 0 Å². The van der Waals surface area contributed by atoms with Crippen LogP contribution >= 0.6 is 15.9 Å². The predicted molar refractivity (Wildman–Crippen MR) is 95.2 cm³/mol. The molecule has 0 aromatic heterocycles. The lowest BCUT2D eigenvalue weighted by atomic mass is 9.85. The molecule has 0 fully saturated rings. The van der Waals surface area contributed by atoms with Crippen LogP contribution in [0.5, 0.6) is 5.75 Å². The second-order valence-corrected chi connectivity index (χ2v) is 8.31. The van der Waals surface area contributed by atoms with Crippen LogP contribution < -0.4 is 10.1 Å². The van der Waals surface area contributed by atoms with Crippen LogP contribution in [0.15, 0.2) is 22.7 Å². The molecular weight excluding hydrogens is 326 g/mol. The van der Waals surface area contributed by atoms with Crippen molar-refractivity contribution in [2.24, 2.45) is 5.41 Å². The maximum absolute atomic E-state index is 5.52. The summed E-state index contributed by atoms with van der Waals surface area (Å²) in [6.07, 6.45) is 2.23. The summed E-state index contributed by atoms with van der Waals surface area (Å²) in [7, 11) is 0. The topological polar surface area (TPSA) is 21.3 Å². The number of hydrogen-bond donors (Lipinski definition) is 1. The first-order chi connectivity index (χ1) is 9.63. The Morgan fingerprint density at radius 1 is 1.14 bits per heavy atom. The van der Waals surface area contributed by atoms with Crippen molar-refractivity contribution in [2.75, 3.05) is 13.2 Å². The lowest BCUT2D eigenvalue weighted by Gasteiger charge is -2.30. The highest BCUT2D eigenvalue weighted by Gasteiger charge is 2.21. The van der Waals surface area contributed by atoms with Gasteiger partial charge >= 0.3 is 0 Å². The highest BCUT2D eigenvalue weighted by molar-refractivity contribution is 9.10. The molecule has 1 aromatic rings. The monoisotopic (exact) mass is 355 g/mol. The fourth-order valence-electron chi connectivity index (χ4n) is 2.05. The van der Waals surface area contributed by atoms with Gasteiger partial charge in [0.2, 0.25) is 0 Å². The zero-order valence-corrected chi connectivity index (χ0v) is 15.9. The van der Waals surface area contributed by atoms with E-state index in [1.165, 1.54) is 5.56 Å². The average Bonchev–Trinajstić information content (AvgIpc) is 2.35. The van der Waals surface area contributed by atoms with Gasteiger partial charge in [-0.25, -0.2) is 0 Å². The molecule has 0 heterocycles. The molecule has 0 spiro atoms. The van der Waals surface area contributed by atoms with Gasteiger partial charge in [-0.05, 0) is 63.6 Å². The molecule has 2 nitrogen and oxygen atoms in total. The van der Waals surface area contributed by atoms with Crippen LogP contribution in [0, 0.1) is 5.41 Å². The molecule has 0 atom stereocenters. The number of aryl methyl sites for hydroxylation is 1. The van der Waals surface area contributed by atoms with Crippen molar-refractivity contribution in [3.63, 3.8) is 0 Å². The molecule has 120 valence electrons. The molecule has 0 saturated carbocycles. The molecule has 1 rings (SSSR count). The average molecular weight is 356 g/mol. The number of hydrogen-bond acceptors (Lipinski definition) is 2. The van der Waals surface area contributed by atoms with Gasteiger partial charge in [0.15, 0.2) is 0 Å². The van der Waals surface area contributed by atoms with Crippen molar-refractivity contribution in [2.45, 2.75) is 59.9 Å². The Labute approximate surface area is 138 Å². The molecule has 0 unspecified atom stereocenters. The van der Waals surface area contributed by atoms with Crippen molar-refractivity contribution in [1.29, 1.82) is 0 Å². The van der Waals surface area contributed by atoms with E-state index in [1.807, 2.05) is 6.92 Å². The summed E-state index contributed by atoms with van der Waals surface area (Å²) in [6, 6.07) is 6.30. The Balaban J connectivity index is 2.57. The van der Waals surface area contributed by atoms with Gasteiger partial charge in [0.05, 0.1) is 6.61 Å². The number of ether oxygens (including phenoxy) is 1. The third-order valence-electron chi connectivity index (χ3n) is 3.50. The maximum atomic E-state index is 5.52. The Morgan fingerprint density at radius 2 is 1.81 bits per heavy atom. The Kier molecular flexibility index (Phi) is 6.73. The molecule has 0 saturated heterocycles. The van der Waals surface area contributed by atoms with Gasteiger partial charge in [0, 0.05) is 16.6 Å². The first-order valence-corrected chi connectivity index (χ1v) is 8.58. The van der Waals surface area contributed by atoms with E-state index in [0.717, 1.165) is 29.6 Å². The second kappa shape index (κ2) is 7.64. The number of halogens is 1. The third kappa shape index (κ3) is 7.32. The van der Waals surface area contributed by atoms with Gasteiger partial charge in [0.1, 0.15) is 5.75 Å². The van der Waals surface area contributed by atoms with Crippen LogP contribution in [-0.2, 0) is 6.42 Å². The second-order valence-electron chi connectivity index (χ2n) is 7.45. The van der Waals surface area contributed by atoms with E-state index in [-0.39, 0.29) is 11.0 Å². The minimum absolute atomic E-state index is 0.178. The van der Waals surface area contributed by atoms with E-state index in [1.54, 1.807) is 0 Å². The Bertz CT molecular complexity index is 449. The smallest absolute Gasteiger partial charge is 0.120 e. The zero-order chi connectivity index (χ0) is 16.1. The van der Waals surface area contributed by atoms with Gasteiger partial charge in [-0.2, -0.15) is 0 Å².